The molecule has 0 saturated carbocycles. The average molecular weight is 275 g/mol. The first-order valence-corrected chi connectivity index (χ1v) is 7.29. The van der Waals surface area contributed by atoms with Gasteiger partial charge in [0, 0.05) is 22.6 Å². The van der Waals surface area contributed by atoms with Crippen molar-refractivity contribution in [2.45, 2.75) is 29.0 Å². The first kappa shape index (κ1) is 12.6. The molecule has 0 radical (unpaired) electrons. The van der Waals surface area contributed by atoms with Crippen molar-refractivity contribution in [2.75, 3.05) is 7.05 Å². The van der Waals surface area contributed by atoms with Gasteiger partial charge in [-0.15, -0.1) is 22.0 Å². The summed E-state index contributed by atoms with van der Waals surface area (Å²) in [5.41, 5.74) is 1.45. The Labute approximate surface area is 116 Å². The summed E-state index contributed by atoms with van der Waals surface area (Å²) in [7, 11) is 3.80. The van der Waals surface area contributed by atoms with E-state index in [1.807, 2.05) is 18.8 Å². The van der Waals surface area contributed by atoms with Crippen LogP contribution in [0.25, 0.3) is 0 Å². The number of thioether (sulfide) groups is 1. The molecule has 0 saturated heterocycles. The summed E-state index contributed by atoms with van der Waals surface area (Å²) < 4.78 is 0. The van der Waals surface area contributed by atoms with Crippen LogP contribution in [0.3, 0.4) is 0 Å². The predicted molar refractivity (Wildman–Crippen MR) is 75.1 cm³/mol. The highest BCUT2D eigenvalue weighted by Crippen LogP contribution is 2.38. The van der Waals surface area contributed by atoms with E-state index >= 15 is 0 Å². The van der Waals surface area contributed by atoms with Crippen molar-refractivity contribution in [3.63, 3.8) is 0 Å². The molecule has 1 aliphatic rings. The number of nitrogens with zero attached hydrogens (tertiary/aromatic N) is 4. The molecule has 100 valence electrons. The van der Waals surface area contributed by atoms with Crippen LogP contribution < -0.4 is 5.32 Å². The van der Waals surface area contributed by atoms with Crippen LogP contribution in [0.5, 0.6) is 0 Å². The highest BCUT2D eigenvalue weighted by atomic mass is 32.2. The van der Waals surface area contributed by atoms with Crippen molar-refractivity contribution < 1.29 is 0 Å². The van der Waals surface area contributed by atoms with E-state index in [1.165, 1.54) is 15.3 Å². The fourth-order valence-electron chi connectivity index (χ4n) is 2.45. The van der Waals surface area contributed by atoms with Crippen LogP contribution in [0.15, 0.2) is 29.2 Å². The minimum absolute atomic E-state index is 0.363. The van der Waals surface area contributed by atoms with Crippen LogP contribution >= 0.6 is 11.8 Å². The lowest BCUT2D eigenvalue weighted by molar-refractivity contribution is 0.523. The molecule has 1 aromatic carbocycles. The fraction of sp³-hybridized carbons (Fsp3) is 0.462. The third-order valence-electron chi connectivity index (χ3n) is 3.44. The maximum atomic E-state index is 4.26. The first-order valence-electron chi connectivity index (χ1n) is 6.41. The molecule has 5 nitrogen and oxygen atoms in total. The summed E-state index contributed by atoms with van der Waals surface area (Å²) >= 11 is 1.95. The lowest BCUT2D eigenvalue weighted by Gasteiger charge is -2.20. The smallest absolute Gasteiger partial charge is 0.176 e. The molecule has 0 bridgehead atoms. The van der Waals surface area contributed by atoms with Gasteiger partial charge >= 0.3 is 0 Å². The van der Waals surface area contributed by atoms with Gasteiger partial charge in [0.05, 0.1) is 7.05 Å². The standard InChI is InChI=1S/C13H17N5S/c1-14-10(8-13-15-17-18(2)16-13)12-7-9-5-3-4-6-11(9)19-12/h3-6,10,12,14H,7-8H2,1-2H3. The minimum atomic E-state index is 0.363. The van der Waals surface area contributed by atoms with E-state index in [1.54, 1.807) is 7.05 Å². The Bertz CT molecular complexity index is 543. The van der Waals surface area contributed by atoms with Gasteiger partial charge in [0.15, 0.2) is 5.82 Å². The SMILES string of the molecule is CNC(Cc1nnn(C)n1)C1Cc2ccccc2S1. The summed E-state index contributed by atoms with van der Waals surface area (Å²) in [6.45, 7) is 0. The molecular formula is C13H17N5S. The van der Waals surface area contributed by atoms with Gasteiger partial charge in [-0.2, -0.15) is 4.80 Å². The Morgan fingerprint density at radius 3 is 3.00 bits per heavy atom. The third-order valence-corrected chi connectivity index (χ3v) is 4.89. The summed E-state index contributed by atoms with van der Waals surface area (Å²) in [6.07, 6.45) is 1.92. The zero-order valence-corrected chi connectivity index (χ0v) is 11.9. The molecular weight excluding hydrogens is 258 g/mol. The Morgan fingerprint density at radius 1 is 1.47 bits per heavy atom. The predicted octanol–water partition coefficient (Wildman–Crippen LogP) is 1.06. The monoisotopic (exact) mass is 275 g/mol. The third kappa shape index (κ3) is 2.64. The van der Waals surface area contributed by atoms with Gasteiger partial charge in [0.2, 0.25) is 0 Å². The Kier molecular flexibility index (Phi) is 3.52. The van der Waals surface area contributed by atoms with Crippen LogP contribution in [0, 0.1) is 0 Å². The quantitative estimate of drug-likeness (QED) is 0.904. The normalized spacial score (nSPS) is 19.4. The number of fused-ring (bicyclic) bond motifs is 1. The van der Waals surface area contributed by atoms with Gasteiger partial charge in [-0.25, -0.2) is 0 Å². The second-order valence-electron chi connectivity index (χ2n) is 4.76. The average Bonchev–Trinajstić information content (AvgIpc) is 3.01. The van der Waals surface area contributed by atoms with Crippen LogP contribution in [0.2, 0.25) is 0 Å². The van der Waals surface area contributed by atoms with E-state index in [4.69, 9.17) is 0 Å². The number of tetrazole rings is 1. The van der Waals surface area contributed by atoms with Crippen molar-refractivity contribution in [3.05, 3.63) is 35.7 Å². The van der Waals surface area contributed by atoms with Crippen LogP contribution in [0.4, 0.5) is 0 Å². The summed E-state index contributed by atoms with van der Waals surface area (Å²) in [5.74, 6) is 0.804. The van der Waals surface area contributed by atoms with E-state index in [2.05, 4.69) is 45.0 Å². The largest absolute Gasteiger partial charge is 0.315 e. The number of hydrogen-bond donors (Lipinski definition) is 1. The number of aromatic nitrogens is 4. The Balaban J connectivity index is 1.71. The van der Waals surface area contributed by atoms with Gasteiger partial charge in [-0.05, 0) is 30.3 Å². The van der Waals surface area contributed by atoms with Gasteiger partial charge in [-0.1, -0.05) is 18.2 Å². The number of nitrogens with one attached hydrogen (secondary N) is 1. The molecule has 2 atom stereocenters. The molecule has 1 N–H and O–H groups in total. The van der Waals surface area contributed by atoms with E-state index in [9.17, 15) is 0 Å². The molecule has 1 aliphatic heterocycles. The summed E-state index contributed by atoms with van der Waals surface area (Å²) in [5, 5.41) is 16.2. The van der Waals surface area contributed by atoms with Gasteiger partial charge < -0.3 is 5.32 Å². The molecule has 0 spiro atoms. The second kappa shape index (κ2) is 5.30. The van der Waals surface area contributed by atoms with Crippen LogP contribution in [-0.4, -0.2) is 38.5 Å². The van der Waals surface area contributed by atoms with Crippen molar-refractivity contribution in [3.8, 4) is 0 Å². The lowest BCUT2D eigenvalue weighted by atomic mass is 10.0. The molecule has 0 amide bonds. The molecule has 0 fully saturated rings. The molecule has 2 heterocycles. The van der Waals surface area contributed by atoms with Crippen LogP contribution in [-0.2, 0) is 19.9 Å². The fourth-order valence-corrected chi connectivity index (χ4v) is 3.90. The molecule has 3 rings (SSSR count). The second-order valence-corrected chi connectivity index (χ2v) is 6.04. The number of benzene rings is 1. The summed E-state index contributed by atoms with van der Waals surface area (Å²) in [6, 6.07) is 9.00. The molecule has 2 aromatic rings. The molecule has 0 aliphatic carbocycles. The van der Waals surface area contributed by atoms with E-state index < -0.39 is 0 Å². The highest BCUT2D eigenvalue weighted by molar-refractivity contribution is 8.00. The maximum absolute atomic E-state index is 4.26. The summed E-state index contributed by atoms with van der Waals surface area (Å²) in [4.78, 5) is 2.92. The van der Waals surface area contributed by atoms with Crippen LogP contribution in [0.1, 0.15) is 11.4 Å². The topological polar surface area (TPSA) is 55.6 Å². The zero-order chi connectivity index (χ0) is 13.2. The molecule has 19 heavy (non-hydrogen) atoms. The van der Waals surface area contributed by atoms with E-state index in [0.717, 1.165) is 18.7 Å². The zero-order valence-electron chi connectivity index (χ0n) is 11.1. The lowest BCUT2D eigenvalue weighted by Crippen LogP contribution is -2.37. The van der Waals surface area contributed by atoms with Crippen molar-refractivity contribution in [1.82, 2.24) is 25.5 Å². The first-order chi connectivity index (χ1) is 9.26. The Hall–Kier alpha value is -1.40. The molecule has 2 unspecified atom stereocenters. The maximum Gasteiger partial charge on any atom is 0.176 e. The number of likely N-dealkylation sites (N-methyl/N-ethyl adjacent to an activating group) is 1. The van der Waals surface area contributed by atoms with E-state index in [-0.39, 0.29) is 0 Å². The number of hydrogen-bond acceptors (Lipinski definition) is 5. The van der Waals surface area contributed by atoms with Gasteiger partial charge in [-0.3, -0.25) is 0 Å². The molecule has 6 heteroatoms. The highest BCUT2D eigenvalue weighted by Gasteiger charge is 2.29. The van der Waals surface area contributed by atoms with Crippen molar-refractivity contribution in [1.29, 1.82) is 0 Å². The van der Waals surface area contributed by atoms with E-state index in [0.29, 0.717) is 11.3 Å². The number of rotatable bonds is 4. The van der Waals surface area contributed by atoms with Crippen molar-refractivity contribution >= 4 is 11.8 Å². The molecule has 1 aromatic heterocycles. The minimum Gasteiger partial charge on any atom is -0.315 e. The van der Waals surface area contributed by atoms with Crippen molar-refractivity contribution in [2.24, 2.45) is 7.05 Å². The Morgan fingerprint density at radius 2 is 2.32 bits per heavy atom. The van der Waals surface area contributed by atoms with Gasteiger partial charge in [0.1, 0.15) is 0 Å². The van der Waals surface area contributed by atoms with Gasteiger partial charge in [0.25, 0.3) is 0 Å². The number of aryl methyl sites for hydroxylation is 1.